The van der Waals surface area contributed by atoms with Gasteiger partial charge in [-0.05, 0) is 48.4 Å². The maximum absolute atomic E-state index is 11.7. The predicted octanol–water partition coefficient (Wildman–Crippen LogP) is 3.17. The predicted molar refractivity (Wildman–Crippen MR) is 78.7 cm³/mol. The van der Waals surface area contributed by atoms with Gasteiger partial charge in [0.05, 0.1) is 18.8 Å². The van der Waals surface area contributed by atoms with E-state index in [0.717, 1.165) is 22.4 Å². The van der Waals surface area contributed by atoms with Crippen molar-refractivity contribution in [1.82, 2.24) is 0 Å². The minimum absolute atomic E-state index is 0.00391. The van der Waals surface area contributed by atoms with Gasteiger partial charge in [0.2, 0.25) is 0 Å². The summed E-state index contributed by atoms with van der Waals surface area (Å²) in [6.07, 6.45) is 0.696. The molecule has 0 saturated heterocycles. The average Bonchev–Trinajstić information content (AvgIpc) is 2.60. The van der Waals surface area contributed by atoms with E-state index in [-0.39, 0.29) is 17.8 Å². The molecule has 0 aromatic heterocycles. The first-order chi connectivity index (χ1) is 10.1. The molecule has 0 saturated carbocycles. The van der Waals surface area contributed by atoms with Crippen LogP contribution in [0.4, 0.5) is 0 Å². The third-order valence-corrected chi connectivity index (χ3v) is 3.62. The first-order valence-corrected chi connectivity index (χ1v) is 6.80. The van der Waals surface area contributed by atoms with Gasteiger partial charge in [-0.3, -0.25) is 0 Å². The van der Waals surface area contributed by atoms with E-state index < -0.39 is 0 Å². The fourth-order valence-electron chi connectivity index (χ4n) is 2.67. The van der Waals surface area contributed by atoms with E-state index in [9.17, 15) is 9.90 Å². The fraction of sp³-hybridized carbons (Fsp3) is 0.235. The van der Waals surface area contributed by atoms with Gasteiger partial charge in [-0.2, -0.15) is 0 Å². The maximum Gasteiger partial charge on any atom is 0.337 e. The van der Waals surface area contributed by atoms with E-state index in [0.29, 0.717) is 12.0 Å². The van der Waals surface area contributed by atoms with Gasteiger partial charge in [-0.1, -0.05) is 6.07 Å². The second-order valence-electron chi connectivity index (χ2n) is 5.18. The molecule has 2 aromatic rings. The summed E-state index contributed by atoms with van der Waals surface area (Å²) in [7, 11) is 1.36. The smallest absolute Gasteiger partial charge is 0.337 e. The van der Waals surface area contributed by atoms with Crippen LogP contribution in [0, 0.1) is 0 Å². The highest BCUT2D eigenvalue weighted by Crippen LogP contribution is 2.38. The topological polar surface area (TPSA) is 55.8 Å². The first kappa shape index (κ1) is 13.5. The number of phenols is 1. The molecule has 1 aliphatic heterocycles. The number of hydrogen-bond donors (Lipinski definition) is 1. The van der Waals surface area contributed by atoms with Crippen LogP contribution in [0.2, 0.25) is 0 Å². The Bertz CT molecular complexity index is 706. The zero-order valence-electron chi connectivity index (χ0n) is 11.9. The number of phenolic OH excluding ortho intramolecular Hbond substituents is 1. The second kappa shape index (κ2) is 5.13. The van der Waals surface area contributed by atoms with Crippen LogP contribution in [0.3, 0.4) is 0 Å². The van der Waals surface area contributed by atoms with Gasteiger partial charge in [0.15, 0.2) is 0 Å². The molecule has 0 unspecified atom stereocenters. The highest BCUT2D eigenvalue weighted by molar-refractivity contribution is 5.92. The largest absolute Gasteiger partial charge is 0.508 e. The van der Waals surface area contributed by atoms with E-state index in [1.54, 1.807) is 30.3 Å². The van der Waals surface area contributed by atoms with E-state index in [1.807, 2.05) is 13.0 Å². The summed E-state index contributed by atoms with van der Waals surface area (Å²) in [5.74, 6) is 0.587. The van der Waals surface area contributed by atoms with Crippen LogP contribution in [0.25, 0.3) is 11.1 Å². The Hall–Kier alpha value is -2.49. The molecule has 4 nitrogen and oxygen atoms in total. The van der Waals surface area contributed by atoms with Crippen molar-refractivity contribution in [1.29, 1.82) is 0 Å². The lowest BCUT2D eigenvalue weighted by Gasteiger charge is -2.13. The van der Waals surface area contributed by atoms with Crippen molar-refractivity contribution in [2.45, 2.75) is 19.4 Å². The summed E-state index contributed by atoms with van der Waals surface area (Å²) in [6.45, 7) is 1.98. The van der Waals surface area contributed by atoms with E-state index in [2.05, 4.69) is 0 Å². The third kappa shape index (κ3) is 2.44. The maximum atomic E-state index is 11.7. The number of methoxy groups -OCH3 is 1. The number of carbonyl (C=O) groups excluding carboxylic acids is 1. The SMILES string of the molecule is COC(=O)c1ccc2c(c1)-c1ccc(O)cc1C[C@@H](C)O2. The molecule has 0 fully saturated rings. The Labute approximate surface area is 122 Å². The number of fused-ring (bicyclic) bond motifs is 3. The van der Waals surface area contributed by atoms with Crippen molar-refractivity contribution >= 4 is 5.97 Å². The molecule has 4 heteroatoms. The van der Waals surface area contributed by atoms with Gasteiger partial charge in [-0.25, -0.2) is 4.79 Å². The van der Waals surface area contributed by atoms with Crippen molar-refractivity contribution in [2.24, 2.45) is 0 Å². The molecule has 1 atom stereocenters. The molecule has 3 rings (SSSR count). The van der Waals surface area contributed by atoms with Crippen LogP contribution in [-0.2, 0) is 11.2 Å². The highest BCUT2D eigenvalue weighted by atomic mass is 16.5. The summed E-state index contributed by atoms with van der Waals surface area (Å²) in [6, 6.07) is 10.5. The Morgan fingerprint density at radius 1 is 1.24 bits per heavy atom. The molecule has 1 aliphatic rings. The molecule has 0 amide bonds. The number of aromatic hydroxyl groups is 1. The minimum atomic E-state index is -0.379. The molecule has 0 aliphatic carbocycles. The summed E-state index contributed by atoms with van der Waals surface area (Å²) in [4.78, 5) is 11.7. The summed E-state index contributed by atoms with van der Waals surface area (Å²) >= 11 is 0. The number of ether oxygens (including phenoxy) is 2. The van der Waals surface area contributed by atoms with Crippen molar-refractivity contribution in [3.8, 4) is 22.6 Å². The molecule has 21 heavy (non-hydrogen) atoms. The van der Waals surface area contributed by atoms with Crippen molar-refractivity contribution in [3.63, 3.8) is 0 Å². The molecular weight excluding hydrogens is 268 g/mol. The van der Waals surface area contributed by atoms with E-state index >= 15 is 0 Å². The zero-order chi connectivity index (χ0) is 15.0. The summed E-state index contributed by atoms with van der Waals surface area (Å²) < 4.78 is 10.7. The zero-order valence-corrected chi connectivity index (χ0v) is 11.9. The molecule has 0 spiro atoms. The number of carbonyl (C=O) groups is 1. The molecule has 2 aromatic carbocycles. The number of esters is 1. The van der Waals surface area contributed by atoms with Crippen LogP contribution in [-0.4, -0.2) is 24.3 Å². The van der Waals surface area contributed by atoms with Gasteiger partial charge < -0.3 is 14.6 Å². The van der Waals surface area contributed by atoms with Gasteiger partial charge in [0.25, 0.3) is 0 Å². The van der Waals surface area contributed by atoms with Crippen molar-refractivity contribution < 1.29 is 19.4 Å². The number of rotatable bonds is 1. The lowest BCUT2D eigenvalue weighted by atomic mass is 9.95. The van der Waals surface area contributed by atoms with Crippen molar-refractivity contribution in [3.05, 3.63) is 47.5 Å². The molecule has 1 N–H and O–H groups in total. The molecule has 1 heterocycles. The standard InChI is InChI=1S/C17H16O4/c1-10-7-12-8-13(18)4-5-14(12)15-9-11(17(19)20-2)3-6-16(15)21-10/h3-6,8-10,18H,7H2,1-2H3/t10-/m1/s1. The van der Waals surface area contributed by atoms with Crippen LogP contribution >= 0.6 is 0 Å². The summed E-state index contributed by atoms with van der Waals surface area (Å²) in [5, 5.41) is 9.68. The lowest BCUT2D eigenvalue weighted by molar-refractivity contribution is 0.0600. The average molecular weight is 284 g/mol. The Kier molecular flexibility index (Phi) is 3.29. The second-order valence-corrected chi connectivity index (χ2v) is 5.18. The first-order valence-electron chi connectivity index (χ1n) is 6.80. The molecule has 108 valence electrons. The van der Waals surface area contributed by atoms with Crippen LogP contribution in [0.5, 0.6) is 11.5 Å². The van der Waals surface area contributed by atoms with Gasteiger partial charge >= 0.3 is 5.97 Å². The van der Waals surface area contributed by atoms with Crippen molar-refractivity contribution in [2.75, 3.05) is 7.11 Å². The van der Waals surface area contributed by atoms with Crippen LogP contribution in [0.15, 0.2) is 36.4 Å². The minimum Gasteiger partial charge on any atom is -0.508 e. The highest BCUT2D eigenvalue weighted by Gasteiger charge is 2.21. The van der Waals surface area contributed by atoms with Crippen LogP contribution < -0.4 is 4.74 Å². The number of benzene rings is 2. The molecular formula is C17H16O4. The Balaban J connectivity index is 2.20. The third-order valence-electron chi connectivity index (χ3n) is 3.62. The Morgan fingerprint density at radius 2 is 2.05 bits per heavy atom. The normalized spacial score (nSPS) is 16.2. The van der Waals surface area contributed by atoms with E-state index in [1.165, 1.54) is 7.11 Å². The lowest BCUT2D eigenvalue weighted by Crippen LogP contribution is -2.13. The fourth-order valence-corrected chi connectivity index (χ4v) is 2.67. The number of hydrogen-bond acceptors (Lipinski definition) is 4. The monoisotopic (exact) mass is 284 g/mol. The Morgan fingerprint density at radius 3 is 2.81 bits per heavy atom. The summed E-state index contributed by atoms with van der Waals surface area (Å²) in [5.41, 5.74) is 3.30. The van der Waals surface area contributed by atoms with Gasteiger partial charge in [0, 0.05) is 12.0 Å². The quantitative estimate of drug-likeness (QED) is 0.817. The van der Waals surface area contributed by atoms with Gasteiger partial charge in [-0.15, -0.1) is 0 Å². The van der Waals surface area contributed by atoms with Crippen LogP contribution in [0.1, 0.15) is 22.8 Å². The van der Waals surface area contributed by atoms with Gasteiger partial charge in [0.1, 0.15) is 11.5 Å². The van der Waals surface area contributed by atoms with E-state index in [4.69, 9.17) is 9.47 Å². The molecule has 0 bridgehead atoms. The molecule has 0 radical (unpaired) electrons.